The molecular weight excluding hydrogens is 280 g/mol. The van der Waals surface area contributed by atoms with Gasteiger partial charge in [0.25, 0.3) is 0 Å². The lowest BCUT2D eigenvalue weighted by Gasteiger charge is -2.18. The number of rotatable bonds is 7. The number of carbonyl (C=O) groups is 1. The molecule has 0 aliphatic carbocycles. The maximum absolute atomic E-state index is 11.8. The second kappa shape index (κ2) is 7.85. The molecule has 112 valence electrons. The van der Waals surface area contributed by atoms with E-state index >= 15 is 0 Å². The fourth-order valence-electron chi connectivity index (χ4n) is 1.67. The van der Waals surface area contributed by atoms with Crippen molar-refractivity contribution in [3.63, 3.8) is 0 Å². The molecular formula is C14H21ClN2O3. The number of hydrogen-bond donors (Lipinski definition) is 2. The molecule has 6 heteroatoms. The summed E-state index contributed by atoms with van der Waals surface area (Å²) in [5.41, 5.74) is 0.650. The Morgan fingerprint density at radius 2 is 1.95 bits per heavy atom. The lowest BCUT2D eigenvalue weighted by atomic mass is 10.2. The highest BCUT2D eigenvalue weighted by Crippen LogP contribution is 2.36. The molecule has 0 aliphatic rings. The molecule has 1 unspecified atom stereocenters. The summed E-state index contributed by atoms with van der Waals surface area (Å²) in [4.78, 5) is 11.8. The third-order valence-corrected chi connectivity index (χ3v) is 3.08. The summed E-state index contributed by atoms with van der Waals surface area (Å²) >= 11 is 6.08. The van der Waals surface area contributed by atoms with E-state index < -0.39 is 0 Å². The summed E-state index contributed by atoms with van der Waals surface area (Å²) in [5, 5.41) is 6.37. The second-order valence-corrected chi connectivity index (χ2v) is 4.75. The van der Waals surface area contributed by atoms with Crippen molar-refractivity contribution in [1.82, 2.24) is 5.32 Å². The average Bonchev–Trinajstić information content (AvgIpc) is 2.44. The predicted molar refractivity (Wildman–Crippen MR) is 80.9 cm³/mol. The Morgan fingerprint density at radius 3 is 2.50 bits per heavy atom. The third kappa shape index (κ3) is 4.20. The number of benzene rings is 1. The summed E-state index contributed by atoms with van der Waals surface area (Å²) in [5.74, 6) is 1.03. The van der Waals surface area contributed by atoms with Gasteiger partial charge < -0.3 is 20.1 Å². The topological polar surface area (TPSA) is 59.6 Å². The SMILES string of the molecule is CCCNC(=O)C(C)Nc1cc(Cl)c(OC)cc1OC. The molecule has 20 heavy (non-hydrogen) atoms. The third-order valence-electron chi connectivity index (χ3n) is 2.79. The van der Waals surface area contributed by atoms with E-state index in [0.29, 0.717) is 28.8 Å². The fraction of sp³-hybridized carbons (Fsp3) is 0.500. The van der Waals surface area contributed by atoms with E-state index in [4.69, 9.17) is 21.1 Å². The van der Waals surface area contributed by atoms with Crippen molar-refractivity contribution < 1.29 is 14.3 Å². The molecule has 1 amide bonds. The quantitative estimate of drug-likeness (QED) is 0.813. The van der Waals surface area contributed by atoms with Gasteiger partial charge >= 0.3 is 0 Å². The van der Waals surface area contributed by atoms with Crippen LogP contribution in [0.25, 0.3) is 0 Å². The number of ether oxygens (including phenoxy) is 2. The number of hydrogen-bond acceptors (Lipinski definition) is 4. The van der Waals surface area contributed by atoms with Crippen LogP contribution in [0.15, 0.2) is 12.1 Å². The lowest BCUT2D eigenvalue weighted by molar-refractivity contribution is -0.121. The standard InChI is InChI=1S/C14H21ClN2O3/c1-5-6-16-14(18)9(2)17-11-7-10(15)12(19-3)8-13(11)20-4/h7-9,17H,5-6H2,1-4H3,(H,16,18). The van der Waals surface area contributed by atoms with Gasteiger partial charge in [-0.05, 0) is 19.4 Å². The summed E-state index contributed by atoms with van der Waals surface area (Å²) in [6.45, 7) is 4.44. The Morgan fingerprint density at radius 1 is 1.30 bits per heavy atom. The second-order valence-electron chi connectivity index (χ2n) is 4.34. The van der Waals surface area contributed by atoms with Gasteiger partial charge in [-0.3, -0.25) is 4.79 Å². The van der Waals surface area contributed by atoms with E-state index in [1.165, 1.54) is 7.11 Å². The number of nitrogens with one attached hydrogen (secondary N) is 2. The molecule has 5 nitrogen and oxygen atoms in total. The van der Waals surface area contributed by atoms with Crippen LogP contribution in [-0.2, 0) is 4.79 Å². The summed E-state index contributed by atoms with van der Waals surface area (Å²) in [7, 11) is 3.09. The molecule has 0 heterocycles. The van der Waals surface area contributed by atoms with Crippen LogP contribution in [0.4, 0.5) is 5.69 Å². The van der Waals surface area contributed by atoms with Gasteiger partial charge in [-0.25, -0.2) is 0 Å². The molecule has 0 spiro atoms. The molecule has 1 atom stereocenters. The van der Waals surface area contributed by atoms with Crippen LogP contribution in [0.1, 0.15) is 20.3 Å². The normalized spacial score (nSPS) is 11.7. The number of amides is 1. The zero-order chi connectivity index (χ0) is 15.1. The van der Waals surface area contributed by atoms with Crippen molar-refractivity contribution in [2.24, 2.45) is 0 Å². The van der Waals surface area contributed by atoms with E-state index in [1.54, 1.807) is 26.2 Å². The molecule has 0 aromatic heterocycles. The fourth-order valence-corrected chi connectivity index (χ4v) is 1.91. The van der Waals surface area contributed by atoms with Crippen molar-refractivity contribution in [1.29, 1.82) is 0 Å². The highest BCUT2D eigenvalue weighted by atomic mass is 35.5. The highest BCUT2D eigenvalue weighted by Gasteiger charge is 2.16. The maximum atomic E-state index is 11.8. The maximum Gasteiger partial charge on any atom is 0.242 e. The zero-order valence-electron chi connectivity index (χ0n) is 12.2. The van der Waals surface area contributed by atoms with Gasteiger partial charge in [0.05, 0.1) is 24.9 Å². The van der Waals surface area contributed by atoms with Crippen LogP contribution >= 0.6 is 11.6 Å². The van der Waals surface area contributed by atoms with Crippen molar-refractivity contribution in [2.75, 3.05) is 26.1 Å². The molecule has 0 fully saturated rings. The van der Waals surface area contributed by atoms with Crippen LogP contribution in [0.2, 0.25) is 5.02 Å². The minimum absolute atomic E-state index is 0.0687. The van der Waals surface area contributed by atoms with Crippen LogP contribution in [0.3, 0.4) is 0 Å². The summed E-state index contributed by atoms with van der Waals surface area (Å²) in [6.07, 6.45) is 0.899. The minimum atomic E-state index is -0.389. The minimum Gasteiger partial charge on any atom is -0.495 e. The summed E-state index contributed by atoms with van der Waals surface area (Å²) < 4.78 is 10.4. The van der Waals surface area contributed by atoms with Crippen molar-refractivity contribution in [3.8, 4) is 11.5 Å². The van der Waals surface area contributed by atoms with Gasteiger partial charge in [0.15, 0.2) is 0 Å². The predicted octanol–water partition coefficient (Wildman–Crippen LogP) is 2.68. The van der Waals surface area contributed by atoms with Crippen molar-refractivity contribution >= 4 is 23.2 Å². The Bertz CT molecular complexity index is 466. The van der Waals surface area contributed by atoms with Gasteiger partial charge in [0, 0.05) is 12.6 Å². The number of carbonyl (C=O) groups excluding carboxylic acids is 1. The first-order valence-corrected chi connectivity index (χ1v) is 6.87. The molecule has 1 rings (SSSR count). The Kier molecular flexibility index (Phi) is 6.45. The van der Waals surface area contributed by atoms with Gasteiger partial charge in [-0.1, -0.05) is 18.5 Å². The van der Waals surface area contributed by atoms with E-state index in [0.717, 1.165) is 6.42 Å². The van der Waals surface area contributed by atoms with E-state index in [2.05, 4.69) is 10.6 Å². The Balaban J connectivity index is 2.85. The molecule has 0 radical (unpaired) electrons. The Labute approximate surface area is 124 Å². The van der Waals surface area contributed by atoms with E-state index in [9.17, 15) is 4.79 Å². The first-order chi connectivity index (χ1) is 9.53. The smallest absolute Gasteiger partial charge is 0.242 e. The number of anilines is 1. The highest BCUT2D eigenvalue weighted by molar-refractivity contribution is 6.32. The van der Waals surface area contributed by atoms with Gasteiger partial charge in [0.2, 0.25) is 5.91 Å². The van der Waals surface area contributed by atoms with Crippen molar-refractivity contribution in [2.45, 2.75) is 26.3 Å². The van der Waals surface area contributed by atoms with Crippen LogP contribution in [0, 0.1) is 0 Å². The monoisotopic (exact) mass is 300 g/mol. The first kappa shape index (κ1) is 16.4. The molecule has 0 aliphatic heterocycles. The van der Waals surface area contributed by atoms with E-state index in [1.807, 2.05) is 6.92 Å². The first-order valence-electron chi connectivity index (χ1n) is 6.49. The van der Waals surface area contributed by atoms with E-state index in [-0.39, 0.29) is 11.9 Å². The number of halogens is 1. The van der Waals surface area contributed by atoms with Gasteiger partial charge in [-0.15, -0.1) is 0 Å². The van der Waals surface area contributed by atoms with Crippen molar-refractivity contribution in [3.05, 3.63) is 17.2 Å². The molecule has 0 saturated carbocycles. The average molecular weight is 301 g/mol. The van der Waals surface area contributed by atoms with Crippen LogP contribution in [-0.4, -0.2) is 32.7 Å². The van der Waals surface area contributed by atoms with Gasteiger partial charge in [0.1, 0.15) is 17.5 Å². The molecule has 2 N–H and O–H groups in total. The molecule has 1 aromatic carbocycles. The van der Waals surface area contributed by atoms with Gasteiger partial charge in [-0.2, -0.15) is 0 Å². The molecule has 0 bridgehead atoms. The summed E-state index contributed by atoms with van der Waals surface area (Å²) in [6, 6.07) is 2.98. The lowest BCUT2D eigenvalue weighted by Crippen LogP contribution is -2.37. The van der Waals surface area contributed by atoms with Crippen LogP contribution in [0.5, 0.6) is 11.5 Å². The zero-order valence-corrected chi connectivity index (χ0v) is 13.0. The Hall–Kier alpha value is -1.62. The molecule has 0 saturated heterocycles. The van der Waals surface area contributed by atoms with Crippen LogP contribution < -0.4 is 20.1 Å². The largest absolute Gasteiger partial charge is 0.495 e. The molecule has 1 aromatic rings. The number of methoxy groups -OCH3 is 2.